The predicted octanol–water partition coefficient (Wildman–Crippen LogP) is 4.05. The van der Waals surface area contributed by atoms with E-state index in [1.807, 2.05) is 44.2 Å². The number of fused-ring (bicyclic) bond motifs is 1. The van der Waals surface area contributed by atoms with Gasteiger partial charge in [-0.05, 0) is 55.8 Å². The summed E-state index contributed by atoms with van der Waals surface area (Å²) in [5.41, 5.74) is 3.87. The fourth-order valence-electron chi connectivity index (χ4n) is 3.37. The largest absolute Gasteiger partial charge is 0.466 e. The molecular weight excluding hydrogens is 362 g/mol. The number of nitrogens with two attached hydrogens (primary N) is 1. The smallest absolute Gasteiger partial charge is 0.238 e. The average molecular weight is 381 g/mol. The molecule has 6 heteroatoms. The van der Waals surface area contributed by atoms with Crippen LogP contribution >= 0.6 is 0 Å². The van der Waals surface area contributed by atoms with Crippen molar-refractivity contribution in [2.75, 3.05) is 0 Å². The minimum absolute atomic E-state index is 0.0694. The highest BCUT2D eigenvalue weighted by Gasteiger charge is 2.25. The van der Waals surface area contributed by atoms with Gasteiger partial charge in [-0.1, -0.05) is 18.2 Å². The van der Waals surface area contributed by atoms with Gasteiger partial charge in [-0.25, -0.2) is 13.6 Å². The summed E-state index contributed by atoms with van der Waals surface area (Å²) in [6, 6.07) is 16.3. The molecule has 138 valence electrons. The van der Waals surface area contributed by atoms with Crippen LogP contribution in [0.5, 0.6) is 5.75 Å². The molecule has 2 heterocycles. The fraction of sp³-hybridized carbons (Fsp3) is 0.143. The number of aryl methyl sites for hydroxylation is 2. The highest BCUT2D eigenvalue weighted by atomic mass is 32.2. The van der Waals surface area contributed by atoms with E-state index in [0.717, 1.165) is 39.5 Å². The van der Waals surface area contributed by atoms with Crippen LogP contribution in [0.25, 0.3) is 11.3 Å². The third kappa shape index (κ3) is 3.29. The lowest BCUT2D eigenvalue weighted by Crippen LogP contribution is -2.13. The second-order valence-corrected chi connectivity index (χ2v) is 8.15. The molecule has 0 atom stereocenters. The standard InChI is InChI=1S/C21H19NO4S/c1-13-11-18(14(2)25-13)19-12-16-5-3-4-6-20(16)26-21(19)15-7-9-17(10-8-15)27(22,23)24/h3-11H,12H2,1-2H3,(H2,22,23,24). The van der Waals surface area contributed by atoms with Crippen molar-refractivity contribution in [3.8, 4) is 5.75 Å². The Morgan fingerprint density at radius 3 is 2.33 bits per heavy atom. The summed E-state index contributed by atoms with van der Waals surface area (Å²) in [4.78, 5) is 0.0694. The first kappa shape index (κ1) is 17.6. The van der Waals surface area contributed by atoms with Crippen LogP contribution in [0.1, 0.15) is 28.2 Å². The number of para-hydroxylation sites is 1. The Labute approximate surface area is 158 Å². The van der Waals surface area contributed by atoms with E-state index >= 15 is 0 Å². The summed E-state index contributed by atoms with van der Waals surface area (Å²) in [5, 5.41) is 5.21. The number of furan rings is 1. The molecule has 1 aromatic heterocycles. The monoisotopic (exact) mass is 381 g/mol. The number of hydrogen-bond donors (Lipinski definition) is 1. The maximum Gasteiger partial charge on any atom is 0.238 e. The van der Waals surface area contributed by atoms with Crippen LogP contribution in [0.4, 0.5) is 0 Å². The van der Waals surface area contributed by atoms with Crippen LogP contribution in [-0.4, -0.2) is 8.42 Å². The summed E-state index contributed by atoms with van der Waals surface area (Å²) in [5.74, 6) is 3.14. The van der Waals surface area contributed by atoms with E-state index < -0.39 is 10.0 Å². The average Bonchev–Trinajstić information content (AvgIpc) is 2.98. The van der Waals surface area contributed by atoms with E-state index in [2.05, 4.69) is 0 Å². The lowest BCUT2D eigenvalue weighted by molar-refractivity contribution is 0.497. The zero-order valence-electron chi connectivity index (χ0n) is 15.0. The Hall–Kier alpha value is -2.83. The van der Waals surface area contributed by atoms with Gasteiger partial charge in [0, 0.05) is 23.1 Å². The van der Waals surface area contributed by atoms with Crippen LogP contribution in [0.15, 0.2) is 63.9 Å². The van der Waals surface area contributed by atoms with Crippen molar-refractivity contribution in [3.05, 3.63) is 82.8 Å². The number of benzene rings is 2. The van der Waals surface area contributed by atoms with Crippen molar-refractivity contribution >= 4 is 21.4 Å². The van der Waals surface area contributed by atoms with Crippen molar-refractivity contribution < 1.29 is 17.6 Å². The van der Waals surface area contributed by atoms with Gasteiger partial charge in [-0.2, -0.15) is 0 Å². The van der Waals surface area contributed by atoms with Crippen LogP contribution in [0, 0.1) is 13.8 Å². The minimum Gasteiger partial charge on any atom is -0.466 e. The second-order valence-electron chi connectivity index (χ2n) is 6.59. The molecule has 0 bridgehead atoms. The van der Waals surface area contributed by atoms with Crippen molar-refractivity contribution in [2.45, 2.75) is 25.2 Å². The van der Waals surface area contributed by atoms with E-state index in [4.69, 9.17) is 14.3 Å². The quantitative estimate of drug-likeness (QED) is 0.742. The van der Waals surface area contributed by atoms with Gasteiger partial charge in [-0.3, -0.25) is 0 Å². The number of hydrogen-bond acceptors (Lipinski definition) is 4. The number of sulfonamides is 1. The number of allylic oxidation sites excluding steroid dienone is 1. The molecule has 3 aromatic rings. The minimum atomic E-state index is -3.74. The van der Waals surface area contributed by atoms with Crippen molar-refractivity contribution in [2.24, 2.45) is 5.14 Å². The highest BCUT2D eigenvalue weighted by Crippen LogP contribution is 2.40. The van der Waals surface area contributed by atoms with Gasteiger partial charge >= 0.3 is 0 Å². The van der Waals surface area contributed by atoms with Gasteiger partial charge in [0.2, 0.25) is 10.0 Å². The molecule has 0 radical (unpaired) electrons. The maximum absolute atomic E-state index is 11.5. The fourth-order valence-corrected chi connectivity index (χ4v) is 3.88. The van der Waals surface area contributed by atoms with E-state index in [1.54, 1.807) is 12.1 Å². The summed E-state index contributed by atoms with van der Waals surface area (Å²) in [6.07, 6.45) is 0.697. The number of ether oxygens (including phenoxy) is 1. The van der Waals surface area contributed by atoms with Gasteiger partial charge < -0.3 is 9.15 Å². The van der Waals surface area contributed by atoms with Crippen LogP contribution in [-0.2, 0) is 16.4 Å². The molecule has 2 N–H and O–H groups in total. The van der Waals surface area contributed by atoms with E-state index in [-0.39, 0.29) is 4.90 Å². The van der Waals surface area contributed by atoms with Crippen LogP contribution in [0.2, 0.25) is 0 Å². The molecule has 0 fully saturated rings. The molecule has 27 heavy (non-hydrogen) atoms. The molecule has 4 rings (SSSR count). The predicted molar refractivity (Wildman–Crippen MR) is 104 cm³/mol. The van der Waals surface area contributed by atoms with Gasteiger partial charge in [0.15, 0.2) is 0 Å². The molecular formula is C21H19NO4S. The third-order valence-corrected chi connectivity index (χ3v) is 5.57. The zero-order chi connectivity index (χ0) is 19.2. The van der Waals surface area contributed by atoms with Gasteiger partial charge in [-0.15, -0.1) is 0 Å². The highest BCUT2D eigenvalue weighted by molar-refractivity contribution is 7.89. The molecule has 0 aliphatic carbocycles. The lowest BCUT2D eigenvalue weighted by Gasteiger charge is -2.24. The molecule has 0 unspecified atom stereocenters. The summed E-state index contributed by atoms with van der Waals surface area (Å²) < 4.78 is 35.0. The normalized spacial score (nSPS) is 14.0. The first-order chi connectivity index (χ1) is 12.8. The molecule has 1 aliphatic heterocycles. The van der Waals surface area contributed by atoms with Gasteiger partial charge in [0.05, 0.1) is 4.90 Å². The Bertz CT molecular complexity index is 1160. The molecule has 0 spiro atoms. The SMILES string of the molecule is Cc1cc(C2=C(c3ccc(S(N)(=O)=O)cc3)Oc3ccccc3C2)c(C)o1. The molecule has 0 saturated heterocycles. The maximum atomic E-state index is 11.5. The van der Waals surface area contributed by atoms with Crippen LogP contribution in [0.3, 0.4) is 0 Å². The molecule has 1 aliphatic rings. The third-order valence-electron chi connectivity index (χ3n) is 4.64. The van der Waals surface area contributed by atoms with Crippen molar-refractivity contribution in [3.63, 3.8) is 0 Å². The zero-order valence-corrected chi connectivity index (χ0v) is 15.8. The van der Waals surface area contributed by atoms with Gasteiger partial charge in [0.25, 0.3) is 0 Å². The van der Waals surface area contributed by atoms with Crippen molar-refractivity contribution in [1.29, 1.82) is 0 Å². The molecule has 5 nitrogen and oxygen atoms in total. The topological polar surface area (TPSA) is 82.5 Å². The Morgan fingerprint density at radius 1 is 1.00 bits per heavy atom. The second kappa shape index (κ2) is 6.40. The van der Waals surface area contributed by atoms with Crippen molar-refractivity contribution in [1.82, 2.24) is 0 Å². The Balaban J connectivity index is 1.88. The molecule has 0 amide bonds. The van der Waals surface area contributed by atoms with E-state index in [1.165, 1.54) is 12.1 Å². The van der Waals surface area contributed by atoms with E-state index in [9.17, 15) is 8.42 Å². The Kier molecular flexibility index (Phi) is 4.17. The van der Waals surface area contributed by atoms with Crippen LogP contribution < -0.4 is 9.88 Å². The van der Waals surface area contributed by atoms with Gasteiger partial charge in [0.1, 0.15) is 23.0 Å². The summed E-state index contributed by atoms with van der Waals surface area (Å²) in [6.45, 7) is 3.84. The Morgan fingerprint density at radius 2 is 1.70 bits per heavy atom. The summed E-state index contributed by atoms with van der Waals surface area (Å²) in [7, 11) is -3.74. The first-order valence-electron chi connectivity index (χ1n) is 8.52. The summed E-state index contributed by atoms with van der Waals surface area (Å²) >= 11 is 0. The first-order valence-corrected chi connectivity index (χ1v) is 10.1. The molecule has 0 saturated carbocycles. The lowest BCUT2D eigenvalue weighted by atomic mass is 9.92. The van der Waals surface area contributed by atoms with E-state index in [0.29, 0.717) is 12.2 Å². The number of rotatable bonds is 3. The number of primary sulfonamides is 1. The molecule has 2 aromatic carbocycles.